The van der Waals surface area contributed by atoms with Crippen LogP contribution in [0.5, 0.6) is 0 Å². The van der Waals surface area contributed by atoms with Gasteiger partial charge in [-0.1, -0.05) is 49.3 Å². The topological polar surface area (TPSA) is 96.5 Å². The Kier molecular flexibility index (Phi) is 5.73. The molecule has 0 fully saturated rings. The summed E-state index contributed by atoms with van der Waals surface area (Å²) in [7, 11) is 0. The Hall–Kier alpha value is -3.22. The second-order valence-corrected chi connectivity index (χ2v) is 7.05. The molecule has 0 aliphatic rings. The fourth-order valence-corrected chi connectivity index (χ4v) is 3.07. The maximum atomic E-state index is 13.3. The Morgan fingerprint density at radius 3 is 2.57 bits per heavy atom. The number of carboxylic acids is 1. The van der Waals surface area contributed by atoms with E-state index in [9.17, 15) is 14.7 Å². The third-order valence-electron chi connectivity index (χ3n) is 4.59. The minimum atomic E-state index is -1.06. The van der Waals surface area contributed by atoms with Crippen molar-refractivity contribution in [3.63, 3.8) is 0 Å². The molecule has 0 atom stereocenters. The van der Waals surface area contributed by atoms with Gasteiger partial charge in [0.25, 0.3) is 11.6 Å². The summed E-state index contributed by atoms with van der Waals surface area (Å²) in [5.74, 6) is -1.34. The number of aryl methyl sites for hydroxylation is 1. The molecule has 0 aliphatic heterocycles. The predicted molar refractivity (Wildman–Crippen MR) is 104 cm³/mol. The van der Waals surface area contributed by atoms with Crippen molar-refractivity contribution in [3.05, 3.63) is 58.9 Å². The smallest absolute Gasteiger partial charge is 0.323 e. The van der Waals surface area contributed by atoms with Gasteiger partial charge < -0.3 is 14.5 Å². The highest BCUT2D eigenvalue weighted by Crippen LogP contribution is 2.26. The molecule has 1 aromatic carbocycles. The lowest BCUT2D eigenvalue weighted by Crippen LogP contribution is -2.37. The first-order chi connectivity index (χ1) is 13.4. The first-order valence-electron chi connectivity index (χ1n) is 9.18. The number of amides is 1. The molecule has 7 nitrogen and oxygen atoms in total. The summed E-state index contributed by atoms with van der Waals surface area (Å²) in [5.41, 5.74) is 2.96. The second kappa shape index (κ2) is 8.21. The van der Waals surface area contributed by atoms with Crippen LogP contribution >= 0.6 is 0 Å². The van der Waals surface area contributed by atoms with Crippen LogP contribution in [0.3, 0.4) is 0 Å². The number of carbonyl (C=O) groups excluding carboxylic acids is 1. The molecule has 0 unspecified atom stereocenters. The number of pyridine rings is 1. The van der Waals surface area contributed by atoms with Gasteiger partial charge in [0.15, 0.2) is 0 Å². The first-order valence-corrected chi connectivity index (χ1v) is 9.18. The third kappa shape index (κ3) is 4.19. The number of carbonyl (C=O) groups is 2. The van der Waals surface area contributed by atoms with Gasteiger partial charge in [-0.05, 0) is 30.9 Å². The van der Waals surface area contributed by atoms with Gasteiger partial charge in [0.2, 0.25) is 0 Å². The molecule has 0 bridgehead atoms. The van der Waals surface area contributed by atoms with Crippen LogP contribution in [0.1, 0.15) is 47.1 Å². The molecule has 146 valence electrons. The van der Waals surface area contributed by atoms with E-state index < -0.39 is 5.97 Å². The maximum Gasteiger partial charge on any atom is 0.323 e. The van der Waals surface area contributed by atoms with E-state index >= 15 is 0 Å². The molecule has 2 heterocycles. The summed E-state index contributed by atoms with van der Waals surface area (Å²) in [6.07, 6.45) is 0.563. The van der Waals surface area contributed by atoms with E-state index in [0.717, 1.165) is 5.56 Å². The van der Waals surface area contributed by atoms with E-state index in [0.29, 0.717) is 41.0 Å². The van der Waals surface area contributed by atoms with Crippen molar-refractivity contribution >= 4 is 23.0 Å². The molecule has 3 rings (SSSR count). The number of carboxylic acid groups (broad SMARTS) is 1. The highest BCUT2D eigenvalue weighted by atomic mass is 16.5. The number of fused-ring (bicyclic) bond motifs is 1. The summed E-state index contributed by atoms with van der Waals surface area (Å²) in [6, 6.07) is 11.4. The molecule has 28 heavy (non-hydrogen) atoms. The van der Waals surface area contributed by atoms with Crippen LogP contribution in [-0.4, -0.2) is 45.1 Å². The monoisotopic (exact) mass is 381 g/mol. The highest BCUT2D eigenvalue weighted by molar-refractivity contribution is 6.06. The molecular formula is C21H23N3O4. The number of aliphatic carboxylic acids is 1. The molecule has 3 aromatic rings. The SMILES string of the molecule is Cc1noc2nc(C(C)C)cc(C(=O)N(CCc3ccccc3)CC(=O)O)c12. The van der Waals surface area contributed by atoms with Crippen molar-refractivity contribution in [1.29, 1.82) is 0 Å². The average molecular weight is 381 g/mol. The van der Waals surface area contributed by atoms with E-state index in [-0.39, 0.29) is 18.4 Å². The van der Waals surface area contributed by atoms with Crippen molar-refractivity contribution in [2.45, 2.75) is 33.1 Å². The lowest BCUT2D eigenvalue weighted by atomic mass is 10.0. The van der Waals surface area contributed by atoms with E-state index in [1.165, 1.54) is 4.90 Å². The normalized spacial score (nSPS) is 11.1. The minimum Gasteiger partial charge on any atom is -0.480 e. The Morgan fingerprint density at radius 1 is 1.21 bits per heavy atom. The quantitative estimate of drug-likeness (QED) is 0.673. The molecule has 1 amide bonds. The van der Waals surface area contributed by atoms with E-state index in [1.807, 2.05) is 44.2 Å². The van der Waals surface area contributed by atoms with E-state index in [4.69, 9.17) is 4.52 Å². The van der Waals surface area contributed by atoms with Crippen LogP contribution in [0, 0.1) is 6.92 Å². The van der Waals surface area contributed by atoms with Crippen LogP contribution in [0.15, 0.2) is 40.9 Å². The lowest BCUT2D eigenvalue weighted by Gasteiger charge is -2.21. The zero-order chi connectivity index (χ0) is 20.3. The van der Waals surface area contributed by atoms with Gasteiger partial charge in [-0.2, -0.15) is 0 Å². The van der Waals surface area contributed by atoms with Crippen molar-refractivity contribution in [3.8, 4) is 0 Å². The van der Waals surface area contributed by atoms with Crippen molar-refractivity contribution in [1.82, 2.24) is 15.0 Å². The molecular weight excluding hydrogens is 358 g/mol. The van der Waals surface area contributed by atoms with Gasteiger partial charge in [0.05, 0.1) is 16.6 Å². The summed E-state index contributed by atoms with van der Waals surface area (Å²) >= 11 is 0. The van der Waals surface area contributed by atoms with Gasteiger partial charge in [0.1, 0.15) is 6.54 Å². The largest absolute Gasteiger partial charge is 0.480 e. The van der Waals surface area contributed by atoms with E-state index in [2.05, 4.69) is 10.1 Å². The molecule has 0 saturated heterocycles. The van der Waals surface area contributed by atoms with Gasteiger partial charge >= 0.3 is 5.97 Å². The highest BCUT2D eigenvalue weighted by Gasteiger charge is 2.25. The summed E-state index contributed by atoms with van der Waals surface area (Å²) in [6.45, 7) is 5.59. The standard InChI is InChI=1S/C21H23N3O4/c1-13(2)17-11-16(19-14(3)23-28-20(19)22-17)21(27)24(12-18(25)26)10-9-15-7-5-4-6-8-15/h4-8,11,13H,9-10,12H2,1-3H3,(H,25,26). The van der Waals surface area contributed by atoms with Crippen molar-refractivity contribution in [2.24, 2.45) is 0 Å². The number of nitrogens with zero attached hydrogens (tertiary/aromatic N) is 3. The number of benzene rings is 1. The predicted octanol–water partition coefficient (Wildman–Crippen LogP) is 3.42. The Balaban J connectivity index is 1.97. The zero-order valence-corrected chi connectivity index (χ0v) is 16.2. The number of rotatable bonds is 7. The average Bonchev–Trinajstić information content (AvgIpc) is 3.05. The number of hydrogen-bond acceptors (Lipinski definition) is 5. The van der Waals surface area contributed by atoms with Crippen LogP contribution in [0.4, 0.5) is 0 Å². The van der Waals surface area contributed by atoms with Crippen LogP contribution in [0.2, 0.25) is 0 Å². The molecule has 2 aromatic heterocycles. The van der Waals surface area contributed by atoms with E-state index in [1.54, 1.807) is 13.0 Å². The number of aromatic nitrogens is 2. The molecule has 0 spiro atoms. The summed E-state index contributed by atoms with van der Waals surface area (Å²) < 4.78 is 5.27. The Morgan fingerprint density at radius 2 is 1.93 bits per heavy atom. The van der Waals surface area contributed by atoms with Crippen LogP contribution in [0.25, 0.3) is 11.1 Å². The summed E-state index contributed by atoms with van der Waals surface area (Å²) in [5, 5.41) is 13.8. The fourth-order valence-electron chi connectivity index (χ4n) is 3.07. The van der Waals surface area contributed by atoms with Gasteiger partial charge in [-0.15, -0.1) is 0 Å². The molecule has 7 heteroatoms. The van der Waals surface area contributed by atoms with Crippen LogP contribution in [-0.2, 0) is 11.2 Å². The Bertz CT molecular complexity index is 996. The zero-order valence-electron chi connectivity index (χ0n) is 16.2. The third-order valence-corrected chi connectivity index (χ3v) is 4.59. The molecule has 0 saturated carbocycles. The van der Waals surface area contributed by atoms with Crippen molar-refractivity contribution < 1.29 is 19.2 Å². The number of hydrogen-bond donors (Lipinski definition) is 1. The van der Waals surface area contributed by atoms with Gasteiger partial charge in [0, 0.05) is 12.2 Å². The molecule has 0 aliphatic carbocycles. The second-order valence-electron chi connectivity index (χ2n) is 7.05. The summed E-state index contributed by atoms with van der Waals surface area (Å²) in [4.78, 5) is 30.5. The maximum absolute atomic E-state index is 13.3. The molecule has 1 N–H and O–H groups in total. The Labute approximate surface area is 163 Å². The lowest BCUT2D eigenvalue weighted by molar-refractivity contribution is -0.137. The van der Waals surface area contributed by atoms with Crippen LogP contribution < -0.4 is 0 Å². The van der Waals surface area contributed by atoms with Crippen molar-refractivity contribution in [2.75, 3.05) is 13.1 Å². The van der Waals surface area contributed by atoms with Gasteiger partial charge in [-0.25, -0.2) is 4.98 Å². The molecule has 0 radical (unpaired) electrons. The van der Waals surface area contributed by atoms with Gasteiger partial charge in [-0.3, -0.25) is 9.59 Å². The fraction of sp³-hybridized carbons (Fsp3) is 0.333. The first kappa shape index (κ1) is 19.5. The minimum absolute atomic E-state index is 0.0820.